The van der Waals surface area contributed by atoms with E-state index in [9.17, 15) is 8.42 Å². The van der Waals surface area contributed by atoms with Crippen molar-refractivity contribution in [2.75, 3.05) is 25.2 Å². The zero-order valence-corrected chi connectivity index (χ0v) is 13.7. The van der Waals surface area contributed by atoms with Crippen molar-refractivity contribution in [3.8, 4) is 5.75 Å². The third kappa shape index (κ3) is 6.94. The van der Waals surface area contributed by atoms with E-state index in [1.807, 2.05) is 18.2 Å². The molecule has 1 aromatic carbocycles. The van der Waals surface area contributed by atoms with E-state index in [2.05, 4.69) is 28.2 Å². The lowest BCUT2D eigenvalue weighted by Gasteiger charge is -2.10. The number of rotatable bonds is 8. The van der Waals surface area contributed by atoms with E-state index in [1.165, 1.54) is 6.26 Å². The van der Waals surface area contributed by atoms with Gasteiger partial charge < -0.3 is 10.1 Å². The lowest BCUT2D eigenvalue weighted by Crippen LogP contribution is -2.15. The van der Waals surface area contributed by atoms with Gasteiger partial charge in [0.1, 0.15) is 12.4 Å². The third-order valence-electron chi connectivity index (χ3n) is 2.48. The zero-order valence-electron chi connectivity index (χ0n) is 11.3. The summed E-state index contributed by atoms with van der Waals surface area (Å²) in [7, 11) is -2.98. The number of hydrogen-bond acceptors (Lipinski definition) is 4. The highest BCUT2D eigenvalue weighted by molar-refractivity contribution is 9.10. The second kappa shape index (κ2) is 7.87. The molecule has 0 aliphatic heterocycles. The Morgan fingerprint density at radius 1 is 1.37 bits per heavy atom. The highest BCUT2D eigenvalue weighted by atomic mass is 79.9. The Morgan fingerprint density at radius 3 is 2.74 bits per heavy atom. The van der Waals surface area contributed by atoms with E-state index in [0.717, 1.165) is 29.5 Å². The number of hydrogen-bond donors (Lipinski definition) is 1. The van der Waals surface area contributed by atoms with Gasteiger partial charge in [0.25, 0.3) is 0 Å². The van der Waals surface area contributed by atoms with Gasteiger partial charge in [-0.2, -0.15) is 0 Å². The molecule has 0 radical (unpaired) electrons. The van der Waals surface area contributed by atoms with Crippen LogP contribution in [0.15, 0.2) is 22.7 Å². The maximum absolute atomic E-state index is 11.0. The largest absolute Gasteiger partial charge is 0.493 e. The molecule has 0 heterocycles. The fraction of sp³-hybridized carbons (Fsp3) is 0.538. The molecule has 0 aliphatic carbocycles. The highest BCUT2D eigenvalue weighted by Gasteiger charge is 2.05. The molecule has 4 nitrogen and oxygen atoms in total. The Labute approximate surface area is 123 Å². The number of sulfone groups is 1. The molecule has 0 amide bonds. The van der Waals surface area contributed by atoms with Gasteiger partial charge in [0.15, 0.2) is 9.84 Å². The van der Waals surface area contributed by atoms with Crippen molar-refractivity contribution in [1.29, 1.82) is 0 Å². The molecule has 108 valence electrons. The zero-order chi connectivity index (χ0) is 14.3. The van der Waals surface area contributed by atoms with E-state index in [1.54, 1.807) is 0 Å². The lowest BCUT2D eigenvalue weighted by atomic mass is 10.2. The van der Waals surface area contributed by atoms with Crippen LogP contribution < -0.4 is 10.1 Å². The molecule has 0 fully saturated rings. The number of halogens is 1. The summed E-state index contributed by atoms with van der Waals surface area (Å²) < 4.78 is 28.5. The van der Waals surface area contributed by atoms with Crippen molar-refractivity contribution >= 4 is 25.8 Å². The van der Waals surface area contributed by atoms with Gasteiger partial charge >= 0.3 is 0 Å². The molecule has 0 unspecified atom stereocenters. The Kier molecular flexibility index (Phi) is 6.82. The fourth-order valence-electron chi connectivity index (χ4n) is 1.49. The van der Waals surface area contributed by atoms with Crippen LogP contribution in [0.2, 0.25) is 0 Å². The van der Waals surface area contributed by atoms with Crippen LogP contribution in [0, 0.1) is 0 Å². The molecule has 1 rings (SSSR count). The molecule has 0 bridgehead atoms. The van der Waals surface area contributed by atoms with Crippen LogP contribution in [-0.4, -0.2) is 33.6 Å². The minimum atomic E-state index is -2.98. The smallest absolute Gasteiger partial charge is 0.150 e. The molecule has 0 atom stereocenters. The predicted octanol–water partition coefficient (Wildman–Crippen LogP) is 2.37. The molecular formula is C13H20BrNO3S. The molecule has 1 N–H and O–H groups in total. The Morgan fingerprint density at radius 2 is 2.11 bits per heavy atom. The van der Waals surface area contributed by atoms with E-state index in [-0.39, 0.29) is 12.4 Å². The van der Waals surface area contributed by atoms with Gasteiger partial charge in [-0.05, 0) is 36.7 Å². The quantitative estimate of drug-likeness (QED) is 0.732. The summed E-state index contributed by atoms with van der Waals surface area (Å²) in [6.07, 6.45) is 2.29. The van der Waals surface area contributed by atoms with Crippen molar-refractivity contribution in [3.63, 3.8) is 0 Å². The van der Waals surface area contributed by atoms with Crippen molar-refractivity contribution in [1.82, 2.24) is 5.32 Å². The monoisotopic (exact) mass is 349 g/mol. The average Bonchev–Trinajstić information content (AvgIpc) is 2.31. The third-order valence-corrected chi connectivity index (χ3v) is 4.16. The van der Waals surface area contributed by atoms with Gasteiger partial charge in [-0.1, -0.05) is 22.9 Å². The number of nitrogens with one attached hydrogen (secondary N) is 1. The van der Waals surface area contributed by atoms with Crippen LogP contribution in [0.1, 0.15) is 18.9 Å². The first-order chi connectivity index (χ1) is 8.92. The normalized spacial score (nSPS) is 11.5. The Hall–Kier alpha value is -0.590. The first-order valence-corrected chi connectivity index (χ1v) is 9.07. The van der Waals surface area contributed by atoms with Gasteiger partial charge in [0.05, 0.1) is 5.75 Å². The van der Waals surface area contributed by atoms with E-state index < -0.39 is 9.84 Å². The number of ether oxygens (including phenoxy) is 1. The summed E-state index contributed by atoms with van der Waals surface area (Å²) in [5.41, 5.74) is 1.10. The fourth-order valence-corrected chi connectivity index (χ4v) is 2.26. The topological polar surface area (TPSA) is 55.4 Å². The van der Waals surface area contributed by atoms with Crippen molar-refractivity contribution < 1.29 is 13.2 Å². The minimum Gasteiger partial charge on any atom is -0.493 e. The first kappa shape index (κ1) is 16.5. The Bertz CT molecular complexity index is 503. The molecule has 0 spiro atoms. The maximum atomic E-state index is 11.0. The summed E-state index contributed by atoms with van der Waals surface area (Å²) in [4.78, 5) is 0. The first-order valence-electron chi connectivity index (χ1n) is 6.22. The van der Waals surface area contributed by atoms with Gasteiger partial charge in [-0.15, -0.1) is 0 Å². The van der Waals surface area contributed by atoms with Gasteiger partial charge in [-0.3, -0.25) is 0 Å². The molecule has 0 aliphatic rings. The van der Waals surface area contributed by atoms with Crippen LogP contribution in [0.5, 0.6) is 5.75 Å². The van der Waals surface area contributed by atoms with Crippen molar-refractivity contribution in [2.45, 2.75) is 19.9 Å². The van der Waals surface area contributed by atoms with Crippen molar-refractivity contribution in [2.24, 2.45) is 0 Å². The summed E-state index contributed by atoms with van der Waals surface area (Å²) in [6, 6.07) is 5.67. The van der Waals surface area contributed by atoms with Crippen LogP contribution >= 0.6 is 15.9 Å². The highest BCUT2D eigenvalue weighted by Crippen LogP contribution is 2.22. The number of benzene rings is 1. The molecule has 19 heavy (non-hydrogen) atoms. The van der Waals surface area contributed by atoms with Crippen LogP contribution in [0.25, 0.3) is 0 Å². The van der Waals surface area contributed by atoms with Gasteiger partial charge in [0.2, 0.25) is 0 Å². The summed E-state index contributed by atoms with van der Waals surface area (Å²) in [5.74, 6) is 0.729. The van der Waals surface area contributed by atoms with Crippen LogP contribution in [0.3, 0.4) is 0 Å². The summed E-state index contributed by atoms with van der Waals surface area (Å²) >= 11 is 3.49. The van der Waals surface area contributed by atoms with E-state index >= 15 is 0 Å². The molecule has 1 aromatic rings. The van der Waals surface area contributed by atoms with E-state index in [4.69, 9.17) is 4.74 Å². The maximum Gasteiger partial charge on any atom is 0.150 e. The molecule has 0 saturated heterocycles. The summed E-state index contributed by atoms with van der Waals surface area (Å²) in [6.45, 7) is 4.03. The average molecular weight is 350 g/mol. The second-order valence-electron chi connectivity index (χ2n) is 4.41. The molecule has 6 heteroatoms. The van der Waals surface area contributed by atoms with Gasteiger partial charge in [-0.25, -0.2) is 8.42 Å². The van der Waals surface area contributed by atoms with Crippen LogP contribution in [0.4, 0.5) is 0 Å². The van der Waals surface area contributed by atoms with Crippen LogP contribution in [-0.2, 0) is 16.4 Å². The SMILES string of the molecule is CCCNCc1cc(OCCS(C)(=O)=O)ccc1Br. The predicted molar refractivity (Wildman–Crippen MR) is 81.3 cm³/mol. The van der Waals surface area contributed by atoms with Gasteiger partial charge in [0, 0.05) is 17.3 Å². The Balaban J connectivity index is 2.57. The minimum absolute atomic E-state index is 0.0342. The van der Waals surface area contributed by atoms with E-state index in [0.29, 0.717) is 5.75 Å². The molecular weight excluding hydrogens is 330 g/mol. The van der Waals surface area contributed by atoms with Crippen molar-refractivity contribution in [3.05, 3.63) is 28.2 Å². The summed E-state index contributed by atoms with van der Waals surface area (Å²) in [5, 5.41) is 3.32. The second-order valence-corrected chi connectivity index (χ2v) is 7.52. The molecule has 0 saturated carbocycles. The standard InChI is InChI=1S/C13H20BrNO3S/c1-3-6-15-10-11-9-12(4-5-13(11)14)18-7-8-19(2,16)17/h4-5,9,15H,3,6-8,10H2,1-2H3. The lowest BCUT2D eigenvalue weighted by molar-refractivity contribution is 0.340. The molecule has 0 aromatic heterocycles.